The molecular formula is C28H29F2N7O5. The number of ether oxygens (including phenoxy) is 2. The van der Waals surface area contributed by atoms with E-state index in [1.807, 2.05) is 6.07 Å². The molecule has 0 radical (unpaired) electrons. The van der Waals surface area contributed by atoms with Crippen LogP contribution in [0.25, 0.3) is 11.3 Å². The molecule has 4 rings (SSSR count). The first-order chi connectivity index (χ1) is 19.9. The van der Waals surface area contributed by atoms with Crippen molar-refractivity contribution in [2.75, 3.05) is 39.6 Å². The lowest BCUT2D eigenvalue weighted by molar-refractivity contribution is -0.165. The Bertz CT molecular complexity index is 1530. The number of nitrogens with one attached hydrogen (secondary N) is 1. The van der Waals surface area contributed by atoms with Gasteiger partial charge in [0.25, 0.3) is 11.8 Å². The van der Waals surface area contributed by atoms with Gasteiger partial charge in [-0.2, -0.15) is 10.2 Å². The fourth-order valence-corrected chi connectivity index (χ4v) is 4.31. The Hall–Kier alpha value is -4.90. The van der Waals surface area contributed by atoms with Crippen molar-refractivity contribution in [1.29, 1.82) is 5.26 Å². The summed E-state index contributed by atoms with van der Waals surface area (Å²) in [6, 6.07) is 11.2. The normalized spacial score (nSPS) is 16.6. The van der Waals surface area contributed by atoms with Gasteiger partial charge < -0.3 is 29.7 Å². The number of methoxy groups -OCH3 is 1. The summed E-state index contributed by atoms with van der Waals surface area (Å²) < 4.78 is 40.5. The number of aliphatic hydroxyl groups excluding tert-OH is 1. The van der Waals surface area contributed by atoms with Crippen molar-refractivity contribution >= 4 is 23.6 Å². The zero-order chi connectivity index (χ0) is 30.6. The highest BCUT2D eigenvalue weighted by Gasteiger charge is 2.48. The van der Waals surface area contributed by atoms with Crippen LogP contribution in [0.5, 0.6) is 11.6 Å². The van der Waals surface area contributed by atoms with E-state index in [1.54, 1.807) is 38.4 Å². The molecule has 2 aromatic heterocycles. The Morgan fingerprint density at radius 3 is 2.64 bits per heavy atom. The van der Waals surface area contributed by atoms with Crippen LogP contribution >= 0.6 is 0 Å². The maximum atomic E-state index is 14.8. The number of likely N-dealkylation sites (tertiary alicyclic amines) is 1. The van der Waals surface area contributed by atoms with Gasteiger partial charge in [-0.25, -0.2) is 18.7 Å². The minimum absolute atomic E-state index is 0.0178. The lowest BCUT2D eigenvalue weighted by Gasteiger charge is -2.38. The van der Waals surface area contributed by atoms with Gasteiger partial charge in [0.05, 0.1) is 24.9 Å². The molecule has 0 spiro atoms. The number of hydrogen-bond donors (Lipinski definition) is 2. The minimum atomic E-state index is -3.39. The average molecular weight is 582 g/mol. The molecule has 0 aliphatic carbocycles. The predicted octanol–water partition coefficient (Wildman–Crippen LogP) is 2.86. The topological polar surface area (TPSA) is 154 Å². The van der Waals surface area contributed by atoms with Crippen LogP contribution in [0.3, 0.4) is 0 Å². The quantitative estimate of drug-likeness (QED) is 0.406. The molecule has 42 heavy (non-hydrogen) atoms. The Morgan fingerprint density at radius 1 is 1.24 bits per heavy atom. The highest BCUT2D eigenvalue weighted by atomic mass is 19.3. The van der Waals surface area contributed by atoms with Gasteiger partial charge in [0.2, 0.25) is 11.8 Å². The van der Waals surface area contributed by atoms with E-state index in [2.05, 4.69) is 20.3 Å². The number of rotatable bonds is 8. The van der Waals surface area contributed by atoms with Gasteiger partial charge in [-0.05, 0) is 43.3 Å². The maximum absolute atomic E-state index is 14.8. The minimum Gasteiger partial charge on any atom is -0.483 e. The van der Waals surface area contributed by atoms with Gasteiger partial charge in [-0.15, -0.1) is 0 Å². The monoisotopic (exact) mass is 581 g/mol. The van der Waals surface area contributed by atoms with Crippen LogP contribution in [0.2, 0.25) is 0 Å². The molecule has 14 heteroatoms. The van der Waals surface area contributed by atoms with Crippen LogP contribution in [0.1, 0.15) is 29.3 Å². The lowest BCUT2D eigenvalue weighted by atomic mass is 10.0. The number of carbonyl (C=O) groups excluding carboxylic acids is 2. The van der Waals surface area contributed by atoms with E-state index in [0.29, 0.717) is 17.1 Å². The second-order valence-corrected chi connectivity index (χ2v) is 9.76. The van der Waals surface area contributed by atoms with E-state index in [9.17, 15) is 28.7 Å². The molecule has 1 aromatic carbocycles. The molecule has 3 aromatic rings. The van der Waals surface area contributed by atoms with Gasteiger partial charge in [0.1, 0.15) is 29.3 Å². The van der Waals surface area contributed by atoms with Crippen molar-refractivity contribution in [3.05, 3.63) is 53.7 Å². The number of nitriles is 1. The molecular weight excluding hydrogens is 552 g/mol. The number of piperidine rings is 1. The van der Waals surface area contributed by atoms with E-state index < -0.39 is 30.6 Å². The van der Waals surface area contributed by atoms with Gasteiger partial charge >= 0.3 is 5.92 Å². The molecule has 2 N–H and O–H groups in total. The van der Waals surface area contributed by atoms with Gasteiger partial charge in [-0.1, -0.05) is 0 Å². The average Bonchev–Trinajstić information content (AvgIpc) is 2.97. The molecule has 1 unspecified atom stereocenters. The van der Waals surface area contributed by atoms with Crippen molar-refractivity contribution in [2.45, 2.75) is 31.5 Å². The predicted molar refractivity (Wildman–Crippen MR) is 147 cm³/mol. The molecule has 0 saturated carbocycles. The Morgan fingerprint density at radius 2 is 2.00 bits per heavy atom. The van der Waals surface area contributed by atoms with Crippen LogP contribution in [-0.2, 0) is 4.79 Å². The summed E-state index contributed by atoms with van der Waals surface area (Å²) in [6.45, 7) is 0.310. The van der Waals surface area contributed by atoms with E-state index in [-0.39, 0.29) is 47.6 Å². The second-order valence-electron chi connectivity index (χ2n) is 9.76. The van der Waals surface area contributed by atoms with Crippen molar-refractivity contribution < 1.29 is 33.0 Å². The SMILES string of the molecule is COc1nc(Nc2nccc(-c3ccc(OC4CCN(C(=O)[C@H](C)O)CC4(F)F)c(C#N)c3)n2)ccc1C(=O)N(C)C. The molecule has 3 heterocycles. The van der Waals surface area contributed by atoms with Crippen molar-refractivity contribution in [2.24, 2.45) is 0 Å². The molecule has 1 aliphatic rings. The zero-order valence-corrected chi connectivity index (χ0v) is 23.3. The summed E-state index contributed by atoms with van der Waals surface area (Å²) >= 11 is 0. The van der Waals surface area contributed by atoms with Gasteiger partial charge in [0.15, 0.2) is 6.10 Å². The molecule has 2 amide bonds. The molecule has 1 fully saturated rings. The van der Waals surface area contributed by atoms with Gasteiger partial charge in [-0.3, -0.25) is 9.59 Å². The summed E-state index contributed by atoms with van der Waals surface area (Å²) in [5, 5.41) is 22.1. The van der Waals surface area contributed by atoms with Crippen molar-refractivity contribution in [3.63, 3.8) is 0 Å². The second kappa shape index (κ2) is 12.3. The van der Waals surface area contributed by atoms with Gasteiger partial charge in [0, 0.05) is 38.8 Å². The molecule has 2 atom stereocenters. The third kappa shape index (κ3) is 6.52. The van der Waals surface area contributed by atoms with E-state index in [0.717, 1.165) is 4.90 Å². The molecule has 220 valence electrons. The fraction of sp³-hybridized carbons (Fsp3) is 0.357. The van der Waals surface area contributed by atoms with Crippen molar-refractivity contribution in [1.82, 2.24) is 24.8 Å². The first-order valence-electron chi connectivity index (χ1n) is 12.9. The third-order valence-corrected chi connectivity index (χ3v) is 6.45. The molecule has 1 aliphatic heterocycles. The first kappa shape index (κ1) is 30.1. The molecule has 12 nitrogen and oxygen atoms in total. The number of amides is 2. The summed E-state index contributed by atoms with van der Waals surface area (Å²) in [6.07, 6.45) is -1.63. The number of hydrogen-bond acceptors (Lipinski definition) is 10. The zero-order valence-electron chi connectivity index (χ0n) is 23.3. The van der Waals surface area contributed by atoms with Crippen LogP contribution in [0, 0.1) is 11.3 Å². The number of anilines is 2. The largest absolute Gasteiger partial charge is 0.483 e. The number of pyridine rings is 1. The fourth-order valence-electron chi connectivity index (χ4n) is 4.31. The number of alkyl halides is 2. The highest BCUT2D eigenvalue weighted by Crippen LogP contribution is 2.34. The van der Waals surface area contributed by atoms with E-state index in [1.165, 1.54) is 37.3 Å². The van der Waals surface area contributed by atoms with Crippen LogP contribution < -0.4 is 14.8 Å². The summed E-state index contributed by atoms with van der Waals surface area (Å²) in [5.74, 6) is -3.86. The number of halogens is 2. The molecule has 1 saturated heterocycles. The van der Waals surface area contributed by atoms with Crippen LogP contribution in [-0.4, -0.2) is 94.1 Å². The number of nitrogens with zero attached hydrogens (tertiary/aromatic N) is 6. The molecule has 0 bridgehead atoms. The van der Waals surface area contributed by atoms with Crippen LogP contribution in [0.15, 0.2) is 42.6 Å². The third-order valence-electron chi connectivity index (χ3n) is 6.45. The summed E-state index contributed by atoms with van der Waals surface area (Å²) in [4.78, 5) is 39.6. The standard InChI is InChI=1S/C28H29F2N7O5/c1-16(38)25(39)37-12-10-22(28(29,30)15-37)42-21-7-5-17(13-18(21)14-31)20-9-11-32-27(33-20)35-23-8-6-19(24(34-23)41-4)26(40)36(2)3/h5-9,11,13,16,22,38H,10,12,15H2,1-4H3,(H,32,33,34,35)/t16-,22?/m0/s1. The van der Waals surface area contributed by atoms with Crippen LogP contribution in [0.4, 0.5) is 20.5 Å². The highest BCUT2D eigenvalue weighted by molar-refractivity contribution is 5.96. The summed E-state index contributed by atoms with van der Waals surface area (Å²) in [5.41, 5.74) is 1.24. The lowest BCUT2D eigenvalue weighted by Crippen LogP contribution is -2.56. The summed E-state index contributed by atoms with van der Waals surface area (Å²) in [7, 11) is 4.64. The van der Waals surface area contributed by atoms with E-state index >= 15 is 0 Å². The Kier molecular flexibility index (Phi) is 8.82. The number of aliphatic hydroxyl groups is 1. The Balaban J connectivity index is 1.51. The van der Waals surface area contributed by atoms with Crippen molar-refractivity contribution in [3.8, 4) is 29.0 Å². The van der Waals surface area contributed by atoms with E-state index in [4.69, 9.17) is 9.47 Å². The maximum Gasteiger partial charge on any atom is 0.301 e. The number of benzene rings is 1. The number of carbonyl (C=O) groups is 2. The first-order valence-corrected chi connectivity index (χ1v) is 12.9. The number of aromatic nitrogens is 3. The Labute approximate surface area is 240 Å². The smallest absolute Gasteiger partial charge is 0.301 e.